The summed E-state index contributed by atoms with van der Waals surface area (Å²) in [7, 11) is -3.78. The fourth-order valence-electron chi connectivity index (χ4n) is 2.85. The van der Waals surface area contributed by atoms with E-state index in [1.165, 1.54) is 10.6 Å². The van der Waals surface area contributed by atoms with Crippen LogP contribution >= 0.6 is 0 Å². The molecule has 1 aromatic rings. The Kier molecular flexibility index (Phi) is 5.29. The Balaban J connectivity index is 2.13. The normalized spacial score (nSPS) is 20.2. The van der Waals surface area contributed by atoms with Crippen molar-refractivity contribution in [2.24, 2.45) is 5.92 Å². The van der Waals surface area contributed by atoms with E-state index < -0.39 is 17.1 Å². The molecule has 1 atom stereocenters. The van der Waals surface area contributed by atoms with Gasteiger partial charge in [0.05, 0.1) is 11.9 Å². The Morgan fingerprint density at radius 2 is 2.05 bits per heavy atom. The van der Waals surface area contributed by atoms with Gasteiger partial charge in [-0.1, -0.05) is 18.2 Å². The molecule has 0 bridgehead atoms. The lowest BCUT2D eigenvalue weighted by Gasteiger charge is -2.36. The average Bonchev–Trinajstić information content (AvgIpc) is 2.45. The Bertz CT molecular complexity index is 551. The molecule has 1 fully saturated rings. The van der Waals surface area contributed by atoms with Crippen molar-refractivity contribution >= 4 is 22.8 Å². The standard InChI is InChI=1S/C14H23BN2O3S/c1-15(18)16-10-6-7-13(11-16)12-17(21(2,19)20)14-8-4-3-5-9-14/h3-5,8-9,13,18H,6-7,10-12H2,1-2H3/t13-/m0/s1. The molecule has 0 aromatic heterocycles. The summed E-state index contributed by atoms with van der Waals surface area (Å²) in [6.45, 7) is 3.83. The SMILES string of the molecule is CB(O)N1CCC[C@H](CN(c2ccccc2)S(C)(=O)=O)C1. The summed E-state index contributed by atoms with van der Waals surface area (Å²) in [6, 6.07) is 9.19. The van der Waals surface area contributed by atoms with Gasteiger partial charge in [0.15, 0.2) is 0 Å². The number of rotatable bonds is 5. The van der Waals surface area contributed by atoms with E-state index >= 15 is 0 Å². The van der Waals surface area contributed by atoms with Crippen LogP contribution < -0.4 is 4.31 Å². The fraction of sp³-hybridized carbons (Fsp3) is 0.571. The third kappa shape index (κ3) is 4.46. The molecule has 0 spiro atoms. The average molecular weight is 310 g/mol. The molecule has 1 aliphatic rings. The molecule has 1 heterocycles. The van der Waals surface area contributed by atoms with Crippen molar-refractivity contribution in [1.82, 2.24) is 4.81 Å². The van der Waals surface area contributed by atoms with E-state index in [-0.39, 0.29) is 5.92 Å². The minimum Gasteiger partial charge on any atom is -0.437 e. The summed E-state index contributed by atoms with van der Waals surface area (Å²) < 4.78 is 25.6. The maximum atomic E-state index is 12.1. The van der Waals surface area contributed by atoms with Gasteiger partial charge in [-0.15, -0.1) is 0 Å². The molecule has 1 aromatic carbocycles. The molecule has 0 radical (unpaired) electrons. The van der Waals surface area contributed by atoms with Gasteiger partial charge in [0.25, 0.3) is 0 Å². The van der Waals surface area contributed by atoms with Crippen LogP contribution in [0.5, 0.6) is 0 Å². The Labute approximate surface area is 127 Å². The van der Waals surface area contributed by atoms with Crippen LogP contribution in [-0.4, -0.2) is 51.2 Å². The van der Waals surface area contributed by atoms with Crippen molar-refractivity contribution < 1.29 is 13.4 Å². The lowest BCUT2D eigenvalue weighted by Crippen LogP contribution is -2.47. The van der Waals surface area contributed by atoms with E-state index in [0.29, 0.717) is 12.2 Å². The summed E-state index contributed by atoms with van der Waals surface area (Å²) in [5.74, 6) is 0.239. The zero-order chi connectivity index (χ0) is 15.5. The maximum Gasteiger partial charge on any atom is 0.376 e. The van der Waals surface area contributed by atoms with Crippen LogP contribution in [0.3, 0.4) is 0 Å². The van der Waals surface area contributed by atoms with Gasteiger partial charge in [-0.3, -0.25) is 4.31 Å². The van der Waals surface area contributed by atoms with Gasteiger partial charge >= 0.3 is 7.05 Å². The van der Waals surface area contributed by atoms with Crippen molar-refractivity contribution in [2.75, 3.05) is 30.2 Å². The monoisotopic (exact) mass is 310 g/mol. The van der Waals surface area contributed by atoms with Crippen LogP contribution in [0.1, 0.15) is 12.8 Å². The molecular formula is C14H23BN2O3S. The third-order valence-corrected chi connectivity index (χ3v) is 5.11. The second kappa shape index (κ2) is 6.81. The lowest BCUT2D eigenvalue weighted by molar-refractivity contribution is 0.247. The first-order valence-corrected chi connectivity index (χ1v) is 9.17. The molecule has 0 aliphatic carbocycles. The van der Waals surface area contributed by atoms with E-state index in [0.717, 1.165) is 25.9 Å². The fourth-order valence-corrected chi connectivity index (χ4v) is 3.83. The summed E-state index contributed by atoms with van der Waals surface area (Å²) >= 11 is 0. The van der Waals surface area contributed by atoms with Gasteiger partial charge < -0.3 is 9.83 Å². The van der Waals surface area contributed by atoms with E-state index in [4.69, 9.17) is 0 Å². The Morgan fingerprint density at radius 3 is 2.62 bits per heavy atom. The molecule has 7 heteroatoms. The van der Waals surface area contributed by atoms with Gasteiger partial charge in [0.1, 0.15) is 0 Å². The van der Waals surface area contributed by atoms with Crippen molar-refractivity contribution in [3.05, 3.63) is 30.3 Å². The molecule has 0 unspecified atom stereocenters. The number of nitrogens with zero attached hydrogens (tertiary/aromatic N) is 2. The predicted molar refractivity (Wildman–Crippen MR) is 86.8 cm³/mol. The van der Waals surface area contributed by atoms with Gasteiger partial charge in [0.2, 0.25) is 10.0 Å². The van der Waals surface area contributed by atoms with Crippen molar-refractivity contribution in [1.29, 1.82) is 0 Å². The molecule has 1 saturated heterocycles. The van der Waals surface area contributed by atoms with E-state index in [9.17, 15) is 13.4 Å². The molecule has 21 heavy (non-hydrogen) atoms. The van der Waals surface area contributed by atoms with Crippen LogP contribution in [0, 0.1) is 5.92 Å². The van der Waals surface area contributed by atoms with Gasteiger partial charge in [-0.05, 0) is 50.8 Å². The van der Waals surface area contributed by atoms with Crippen molar-refractivity contribution in [3.8, 4) is 0 Å². The molecular weight excluding hydrogens is 287 g/mol. The second-order valence-corrected chi connectivity index (χ2v) is 7.67. The highest BCUT2D eigenvalue weighted by Crippen LogP contribution is 2.23. The summed E-state index contributed by atoms with van der Waals surface area (Å²) in [5, 5.41) is 9.70. The van der Waals surface area contributed by atoms with Crippen LogP contribution in [0.15, 0.2) is 30.3 Å². The van der Waals surface area contributed by atoms with Gasteiger partial charge in [-0.25, -0.2) is 8.42 Å². The minimum absolute atomic E-state index is 0.239. The first kappa shape index (κ1) is 16.3. The van der Waals surface area contributed by atoms with Crippen molar-refractivity contribution in [3.63, 3.8) is 0 Å². The number of hydrogen-bond acceptors (Lipinski definition) is 4. The summed E-state index contributed by atoms with van der Waals surface area (Å²) in [4.78, 5) is 2.00. The van der Waals surface area contributed by atoms with Gasteiger partial charge in [0, 0.05) is 6.54 Å². The number of piperidine rings is 1. The molecule has 116 valence electrons. The van der Waals surface area contributed by atoms with Gasteiger partial charge in [-0.2, -0.15) is 0 Å². The minimum atomic E-state index is -3.30. The zero-order valence-electron chi connectivity index (χ0n) is 12.6. The molecule has 2 rings (SSSR count). The van der Waals surface area contributed by atoms with E-state index in [1.807, 2.05) is 35.1 Å². The van der Waals surface area contributed by atoms with Crippen LogP contribution in [-0.2, 0) is 10.0 Å². The second-order valence-electron chi connectivity index (χ2n) is 5.76. The Hall–Kier alpha value is -1.05. The molecule has 5 nitrogen and oxygen atoms in total. The van der Waals surface area contributed by atoms with Crippen LogP contribution in [0.4, 0.5) is 5.69 Å². The quantitative estimate of drug-likeness (QED) is 0.832. The highest BCUT2D eigenvalue weighted by atomic mass is 32.2. The van der Waals surface area contributed by atoms with Crippen LogP contribution in [0.25, 0.3) is 0 Å². The number of sulfonamides is 1. The molecule has 0 saturated carbocycles. The molecule has 1 aliphatic heterocycles. The third-order valence-electron chi connectivity index (χ3n) is 3.95. The number of para-hydroxylation sites is 1. The lowest BCUT2D eigenvalue weighted by atomic mass is 9.80. The number of benzene rings is 1. The molecule has 0 amide bonds. The van der Waals surface area contributed by atoms with E-state index in [2.05, 4.69) is 0 Å². The van der Waals surface area contributed by atoms with Crippen LogP contribution in [0.2, 0.25) is 6.82 Å². The summed E-state index contributed by atoms with van der Waals surface area (Å²) in [5.41, 5.74) is 0.703. The smallest absolute Gasteiger partial charge is 0.376 e. The highest BCUT2D eigenvalue weighted by Gasteiger charge is 2.28. The maximum absolute atomic E-state index is 12.1. The highest BCUT2D eigenvalue weighted by molar-refractivity contribution is 7.92. The molecule has 1 N–H and O–H groups in total. The number of anilines is 1. The summed E-state index contributed by atoms with van der Waals surface area (Å²) in [6.07, 6.45) is 3.22. The zero-order valence-corrected chi connectivity index (χ0v) is 13.5. The Morgan fingerprint density at radius 1 is 1.38 bits per heavy atom. The predicted octanol–water partition coefficient (Wildman–Crippen LogP) is 1.27. The number of hydrogen-bond donors (Lipinski definition) is 1. The first-order valence-electron chi connectivity index (χ1n) is 7.33. The van der Waals surface area contributed by atoms with Crippen molar-refractivity contribution in [2.45, 2.75) is 19.7 Å². The topological polar surface area (TPSA) is 60.9 Å². The first-order chi connectivity index (χ1) is 9.88. The van der Waals surface area contributed by atoms with E-state index in [1.54, 1.807) is 6.82 Å². The largest absolute Gasteiger partial charge is 0.437 e.